The lowest BCUT2D eigenvalue weighted by atomic mass is 9.95. The van der Waals surface area contributed by atoms with Crippen molar-refractivity contribution >= 4 is 33.3 Å². The quantitative estimate of drug-likeness (QED) is 0.825. The molecule has 0 fully saturated rings. The predicted molar refractivity (Wildman–Crippen MR) is 96.6 cm³/mol. The van der Waals surface area contributed by atoms with Gasteiger partial charge >= 0.3 is 0 Å². The van der Waals surface area contributed by atoms with Gasteiger partial charge < -0.3 is 10.6 Å². The first-order valence-electron chi connectivity index (χ1n) is 8.22. The van der Waals surface area contributed by atoms with Crippen LogP contribution in [0.5, 0.6) is 0 Å². The van der Waals surface area contributed by atoms with Gasteiger partial charge in [0.1, 0.15) is 5.82 Å². The Morgan fingerprint density at radius 1 is 1.35 bits per heavy atom. The zero-order valence-electron chi connectivity index (χ0n) is 14.5. The van der Waals surface area contributed by atoms with Crippen LogP contribution in [0.15, 0.2) is 35.2 Å². The van der Waals surface area contributed by atoms with Gasteiger partial charge in [0.05, 0.1) is 10.6 Å². The third-order valence-electron chi connectivity index (χ3n) is 4.28. The van der Waals surface area contributed by atoms with E-state index in [1.165, 1.54) is 16.8 Å². The number of anilines is 2. The third-order valence-corrected chi connectivity index (χ3v) is 6.02. The molecule has 0 saturated carbocycles. The van der Waals surface area contributed by atoms with E-state index in [1.807, 2.05) is 6.92 Å². The maximum atomic E-state index is 12.3. The first kappa shape index (κ1) is 18.1. The fourth-order valence-electron chi connectivity index (χ4n) is 2.98. The predicted octanol–water partition coefficient (Wildman–Crippen LogP) is 1.67. The number of sulfone groups is 1. The van der Waals surface area contributed by atoms with Crippen LogP contribution in [0.25, 0.3) is 0 Å². The number of hydrogen-bond acceptors (Lipinski definition) is 5. The number of nitrogens with zero attached hydrogens (tertiary/aromatic N) is 2. The van der Waals surface area contributed by atoms with E-state index in [-0.39, 0.29) is 28.9 Å². The van der Waals surface area contributed by atoms with Crippen LogP contribution >= 0.6 is 0 Å². The molecule has 0 aliphatic carbocycles. The summed E-state index contributed by atoms with van der Waals surface area (Å²) in [6, 6.07) is 8.03. The molecule has 1 aliphatic rings. The Morgan fingerprint density at radius 2 is 2.04 bits per heavy atom. The van der Waals surface area contributed by atoms with E-state index in [1.54, 1.807) is 25.2 Å². The maximum Gasteiger partial charge on any atom is 0.226 e. The van der Waals surface area contributed by atoms with Crippen molar-refractivity contribution in [3.8, 4) is 0 Å². The van der Waals surface area contributed by atoms with Gasteiger partial charge in [-0.1, -0.05) is 25.1 Å². The highest BCUT2D eigenvalue weighted by molar-refractivity contribution is 7.91. The lowest BCUT2D eigenvalue weighted by Crippen LogP contribution is -2.23. The van der Waals surface area contributed by atoms with Gasteiger partial charge in [-0.25, -0.2) is 8.42 Å². The molecule has 2 amide bonds. The summed E-state index contributed by atoms with van der Waals surface area (Å²) in [6.07, 6.45) is 0.132. The molecule has 0 saturated heterocycles. The van der Waals surface area contributed by atoms with Gasteiger partial charge in [-0.3, -0.25) is 14.3 Å². The highest BCUT2D eigenvalue weighted by Crippen LogP contribution is 2.36. The smallest absolute Gasteiger partial charge is 0.226 e. The van der Waals surface area contributed by atoms with E-state index in [9.17, 15) is 18.0 Å². The highest BCUT2D eigenvalue weighted by atomic mass is 32.2. The van der Waals surface area contributed by atoms with Crippen LogP contribution in [0.1, 0.15) is 31.2 Å². The fraction of sp³-hybridized carbons (Fsp3) is 0.353. The Balaban J connectivity index is 1.70. The van der Waals surface area contributed by atoms with Gasteiger partial charge in [0.2, 0.25) is 11.8 Å². The fourth-order valence-corrected chi connectivity index (χ4v) is 4.24. The summed E-state index contributed by atoms with van der Waals surface area (Å²) in [5, 5.41) is 9.66. The number of fused-ring (bicyclic) bond motifs is 1. The number of aryl methyl sites for hydroxylation is 1. The number of carbonyl (C=O) groups is 2. The van der Waals surface area contributed by atoms with Crippen LogP contribution in [-0.4, -0.2) is 35.8 Å². The molecule has 0 bridgehead atoms. The monoisotopic (exact) mass is 376 g/mol. The molecule has 1 aromatic heterocycles. The van der Waals surface area contributed by atoms with E-state index < -0.39 is 15.7 Å². The van der Waals surface area contributed by atoms with Crippen LogP contribution in [0.4, 0.5) is 11.6 Å². The van der Waals surface area contributed by atoms with Crippen LogP contribution in [0.3, 0.4) is 0 Å². The normalized spacial score (nSPS) is 16.7. The number of carbonyl (C=O) groups excluding carboxylic acids is 2. The second kappa shape index (κ2) is 6.91. The van der Waals surface area contributed by atoms with Crippen LogP contribution < -0.4 is 10.6 Å². The van der Waals surface area contributed by atoms with Gasteiger partial charge in [0.25, 0.3) is 0 Å². The van der Waals surface area contributed by atoms with Crippen LogP contribution in [0.2, 0.25) is 0 Å². The van der Waals surface area contributed by atoms with E-state index >= 15 is 0 Å². The van der Waals surface area contributed by atoms with E-state index in [0.29, 0.717) is 18.1 Å². The second-order valence-electron chi connectivity index (χ2n) is 6.32. The van der Waals surface area contributed by atoms with Crippen molar-refractivity contribution in [1.82, 2.24) is 9.78 Å². The maximum absolute atomic E-state index is 12.3. The summed E-state index contributed by atoms with van der Waals surface area (Å²) in [5.74, 6) is 0.00709. The molecule has 0 spiro atoms. The van der Waals surface area contributed by atoms with Crippen molar-refractivity contribution in [3.05, 3.63) is 35.9 Å². The average Bonchev–Trinajstić information content (AvgIpc) is 2.90. The van der Waals surface area contributed by atoms with Crippen LogP contribution in [-0.2, 0) is 26.5 Å². The molecular formula is C17H20N4O4S. The van der Waals surface area contributed by atoms with Crippen molar-refractivity contribution in [2.24, 2.45) is 7.05 Å². The van der Waals surface area contributed by atoms with E-state index in [2.05, 4.69) is 15.7 Å². The lowest BCUT2D eigenvalue weighted by Gasteiger charge is -2.20. The highest BCUT2D eigenvalue weighted by Gasteiger charge is 2.29. The SMILES string of the molecule is C[C@@H]1CC(=O)Nc2c1c(NC(=O)CCS(=O)(=O)c1ccccc1)nn2C. The molecule has 2 aromatic rings. The summed E-state index contributed by atoms with van der Waals surface area (Å²) in [5.41, 5.74) is 0.756. The Bertz CT molecular complexity index is 951. The minimum Gasteiger partial charge on any atom is -0.311 e. The molecule has 138 valence electrons. The molecule has 1 atom stereocenters. The molecule has 1 aliphatic heterocycles. The Hall–Kier alpha value is -2.68. The third kappa shape index (κ3) is 3.62. The van der Waals surface area contributed by atoms with Gasteiger partial charge in [0.15, 0.2) is 15.7 Å². The summed E-state index contributed by atoms with van der Waals surface area (Å²) < 4.78 is 26.0. The minimum atomic E-state index is -3.52. The van der Waals surface area contributed by atoms with Crippen molar-refractivity contribution < 1.29 is 18.0 Å². The Kier molecular flexibility index (Phi) is 4.82. The molecule has 8 nitrogen and oxygen atoms in total. The van der Waals surface area contributed by atoms with Gasteiger partial charge in [-0.2, -0.15) is 5.10 Å². The van der Waals surface area contributed by atoms with Crippen molar-refractivity contribution in [3.63, 3.8) is 0 Å². The Labute approximate surface area is 151 Å². The van der Waals surface area contributed by atoms with Crippen molar-refractivity contribution in [1.29, 1.82) is 0 Å². The van der Waals surface area contributed by atoms with Gasteiger partial charge in [-0.15, -0.1) is 0 Å². The Morgan fingerprint density at radius 3 is 2.73 bits per heavy atom. The number of amides is 2. The molecule has 0 unspecified atom stereocenters. The molecule has 2 heterocycles. The van der Waals surface area contributed by atoms with E-state index in [0.717, 1.165) is 5.56 Å². The average molecular weight is 376 g/mol. The summed E-state index contributed by atoms with van der Waals surface area (Å²) in [4.78, 5) is 24.1. The summed E-state index contributed by atoms with van der Waals surface area (Å²) in [7, 11) is -1.85. The molecule has 9 heteroatoms. The molecule has 0 radical (unpaired) electrons. The molecule has 1 aromatic carbocycles. The van der Waals surface area contributed by atoms with Gasteiger partial charge in [0, 0.05) is 25.5 Å². The largest absolute Gasteiger partial charge is 0.311 e. The first-order valence-corrected chi connectivity index (χ1v) is 9.87. The minimum absolute atomic E-state index is 0.0872. The van der Waals surface area contributed by atoms with Gasteiger partial charge in [-0.05, 0) is 18.1 Å². The number of rotatable bonds is 5. The number of nitrogens with one attached hydrogen (secondary N) is 2. The number of aromatic nitrogens is 2. The number of hydrogen-bond donors (Lipinski definition) is 2. The molecule has 3 rings (SSSR count). The standard InChI is InChI=1S/C17H20N4O4S/c1-11-10-14(23)19-17-15(11)16(20-21(17)2)18-13(22)8-9-26(24,25)12-6-4-3-5-7-12/h3-7,11H,8-10H2,1-2H3,(H,19,23)(H,18,20,22)/t11-/m1/s1. The zero-order valence-corrected chi connectivity index (χ0v) is 15.3. The van der Waals surface area contributed by atoms with Crippen LogP contribution in [0, 0.1) is 0 Å². The van der Waals surface area contributed by atoms with E-state index in [4.69, 9.17) is 0 Å². The molecule has 26 heavy (non-hydrogen) atoms. The summed E-state index contributed by atoms with van der Waals surface area (Å²) in [6.45, 7) is 1.88. The van der Waals surface area contributed by atoms with Crippen molar-refractivity contribution in [2.75, 3.05) is 16.4 Å². The summed E-state index contributed by atoms with van der Waals surface area (Å²) >= 11 is 0. The van der Waals surface area contributed by atoms with Crippen molar-refractivity contribution in [2.45, 2.75) is 30.6 Å². The molecular weight excluding hydrogens is 356 g/mol. The topological polar surface area (TPSA) is 110 Å². The zero-order chi connectivity index (χ0) is 18.9. The first-order chi connectivity index (χ1) is 12.3. The lowest BCUT2D eigenvalue weighted by molar-refractivity contribution is -0.117. The second-order valence-corrected chi connectivity index (χ2v) is 8.43. The number of benzene rings is 1. The molecule has 2 N–H and O–H groups in total.